The summed E-state index contributed by atoms with van der Waals surface area (Å²) in [7, 11) is -6.43. The van der Waals surface area contributed by atoms with Crippen LogP contribution in [0.15, 0.2) is 23.1 Å². The molecular weight excluding hydrogens is 343 g/mol. The average molecular weight is 363 g/mol. The first-order valence-corrected chi connectivity index (χ1v) is 10.7. The number of carboxylic acids is 2. The molecule has 9 heteroatoms. The highest BCUT2D eigenvalue weighted by atomic mass is 32.2. The summed E-state index contributed by atoms with van der Waals surface area (Å²) in [6, 6.07) is 2.74. The number of benzene rings is 1. The van der Waals surface area contributed by atoms with Gasteiger partial charge >= 0.3 is 22.1 Å². The Labute approximate surface area is 135 Å². The van der Waals surface area contributed by atoms with E-state index in [9.17, 15) is 18.0 Å². The second-order valence-corrected chi connectivity index (χ2v) is 10.9. The molecule has 0 atom stereocenters. The second-order valence-electron chi connectivity index (χ2n) is 4.89. The van der Waals surface area contributed by atoms with Gasteiger partial charge in [-0.2, -0.15) is 8.42 Å². The lowest BCUT2D eigenvalue weighted by atomic mass is 10.1. The van der Waals surface area contributed by atoms with Gasteiger partial charge in [0.25, 0.3) is 0 Å². The summed E-state index contributed by atoms with van der Waals surface area (Å²) < 4.78 is 30.4. The molecule has 1 aromatic carbocycles. The first kappa shape index (κ1) is 19.5. The first-order chi connectivity index (χ1) is 10.6. The van der Waals surface area contributed by atoms with Crippen LogP contribution in [0.5, 0.6) is 0 Å². The van der Waals surface area contributed by atoms with Crippen molar-refractivity contribution in [3.63, 3.8) is 0 Å². The van der Waals surface area contributed by atoms with Gasteiger partial charge in [-0.15, -0.1) is 3.97 Å². The molecule has 7 nitrogen and oxygen atoms in total. The SMILES string of the molecule is CC[P+](CC)(CC)OS(=O)(=O)c1cc(C(=O)O)cc(C(=O)O)c1. The third kappa shape index (κ3) is 4.50. The van der Waals surface area contributed by atoms with Crippen molar-refractivity contribution in [3.05, 3.63) is 29.3 Å². The van der Waals surface area contributed by atoms with E-state index in [2.05, 4.69) is 0 Å². The van der Waals surface area contributed by atoms with Gasteiger partial charge in [0.05, 0.1) is 34.5 Å². The maximum atomic E-state index is 12.5. The molecule has 0 aliphatic carbocycles. The van der Waals surface area contributed by atoms with Gasteiger partial charge in [0.1, 0.15) is 0 Å². The van der Waals surface area contributed by atoms with Crippen molar-refractivity contribution in [2.45, 2.75) is 25.7 Å². The Morgan fingerprint density at radius 1 is 0.957 bits per heavy atom. The average Bonchev–Trinajstić information content (AvgIpc) is 2.52. The molecule has 1 rings (SSSR count). The van der Waals surface area contributed by atoms with Crippen molar-refractivity contribution in [2.75, 3.05) is 18.5 Å². The fraction of sp³-hybridized carbons (Fsp3) is 0.429. The molecule has 0 saturated heterocycles. The van der Waals surface area contributed by atoms with Crippen LogP contribution in [0.1, 0.15) is 41.5 Å². The molecule has 0 amide bonds. The Morgan fingerprint density at radius 2 is 1.35 bits per heavy atom. The van der Waals surface area contributed by atoms with Crippen LogP contribution >= 0.6 is 7.49 Å². The fourth-order valence-electron chi connectivity index (χ4n) is 2.07. The van der Waals surface area contributed by atoms with Crippen molar-refractivity contribution in [1.82, 2.24) is 0 Å². The molecule has 23 heavy (non-hydrogen) atoms. The molecule has 0 aliphatic heterocycles. The van der Waals surface area contributed by atoms with Gasteiger partial charge in [0.2, 0.25) is 0 Å². The molecule has 2 N–H and O–H groups in total. The second kappa shape index (κ2) is 7.38. The Kier molecular flexibility index (Phi) is 6.27. The van der Waals surface area contributed by atoms with Crippen molar-refractivity contribution in [3.8, 4) is 0 Å². The maximum absolute atomic E-state index is 12.5. The Balaban J connectivity index is 3.43. The number of aromatic carboxylic acids is 2. The van der Waals surface area contributed by atoms with Crippen molar-refractivity contribution in [1.29, 1.82) is 0 Å². The normalized spacial score (nSPS) is 12.1. The van der Waals surface area contributed by atoms with Gasteiger partial charge in [-0.05, 0) is 39.0 Å². The number of carbonyl (C=O) groups is 2. The highest BCUT2D eigenvalue weighted by Crippen LogP contribution is 2.60. The van der Waals surface area contributed by atoms with Crippen LogP contribution in [-0.4, -0.2) is 49.1 Å². The lowest BCUT2D eigenvalue weighted by Crippen LogP contribution is -2.15. The molecule has 0 unspecified atom stereocenters. The van der Waals surface area contributed by atoms with E-state index in [0.717, 1.165) is 18.2 Å². The van der Waals surface area contributed by atoms with E-state index in [4.69, 9.17) is 14.2 Å². The van der Waals surface area contributed by atoms with Crippen LogP contribution in [0.2, 0.25) is 0 Å². The van der Waals surface area contributed by atoms with Crippen molar-refractivity contribution >= 4 is 29.5 Å². The summed E-state index contributed by atoms with van der Waals surface area (Å²) in [6.07, 6.45) is 1.68. The third-order valence-electron chi connectivity index (χ3n) is 3.67. The van der Waals surface area contributed by atoms with Crippen LogP contribution in [0.4, 0.5) is 0 Å². The minimum atomic E-state index is -4.24. The summed E-state index contributed by atoms with van der Waals surface area (Å²) in [5.41, 5.74) is -0.832. The zero-order chi connectivity index (χ0) is 17.8. The summed E-state index contributed by atoms with van der Waals surface area (Å²) in [6.45, 7) is 5.52. The molecule has 0 radical (unpaired) electrons. The van der Waals surface area contributed by atoms with Gasteiger partial charge in [-0.25, -0.2) is 9.59 Å². The minimum Gasteiger partial charge on any atom is -0.478 e. The van der Waals surface area contributed by atoms with E-state index >= 15 is 0 Å². The van der Waals surface area contributed by atoms with Crippen LogP contribution in [0.3, 0.4) is 0 Å². The molecule has 0 spiro atoms. The summed E-state index contributed by atoms with van der Waals surface area (Å²) in [5.74, 6) is -2.82. The number of carboxylic acid groups (broad SMARTS) is 2. The first-order valence-electron chi connectivity index (χ1n) is 7.04. The number of hydrogen-bond donors (Lipinski definition) is 2. The van der Waals surface area contributed by atoms with Crippen molar-refractivity contribution < 1.29 is 32.2 Å². The zero-order valence-electron chi connectivity index (χ0n) is 13.1. The predicted octanol–water partition coefficient (Wildman–Crippen LogP) is 2.78. The van der Waals surface area contributed by atoms with Crippen LogP contribution in [0.25, 0.3) is 0 Å². The highest BCUT2D eigenvalue weighted by molar-refractivity contribution is 7.94. The molecule has 0 saturated carbocycles. The van der Waals surface area contributed by atoms with Crippen LogP contribution in [0, 0.1) is 0 Å². The lowest BCUT2D eigenvalue weighted by molar-refractivity contribution is 0.0696. The van der Waals surface area contributed by atoms with E-state index < -0.39 is 45.6 Å². The van der Waals surface area contributed by atoms with E-state index in [1.165, 1.54) is 0 Å². The molecule has 1 aromatic rings. The lowest BCUT2D eigenvalue weighted by Gasteiger charge is -2.21. The molecule has 0 aromatic heterocycles. The summed E-state index contributed by atoms with van der Waals surface area (Å²) >= 11 is 0. The van der Waals surface area contributed by atoms with E-state index in [0.29, 0.717) is 18.5 Å². The predicted molar refractivity (Wildman–Crippen MR) is 87.2 cm³/mol. The third-order valence-corrected chi connectivity index (χ3v) is 10.00. The molecule has 0 aliphatic rings. The quantitative estimate of drug-likeness (QED) is 0.682. The summed E-state index contributed by atoms with van der Waals surface area (Å²) in [4.78, 5) is 21.7. The monoisotopic (exact) mass is 363 g/mol. The molecule has 0 bridgehead atoms. The standard InChI is InChI=1S/C14H19O7PS/c1-4-22(5-2,6-3)21-23(19,20)12-8-10(13(15)16)7-11(9-12)14(17)18/h7-9H,4-6H2,1-3H3,(H-,15,16,17,18)/p+1. The smallest absolute Gasteiger partial charge is 0.335 e. The van der Waals surface area contributed by atoms with Crippen molar-refractivity contribution in [2.24, 2.45) is 0 Å². The van der Waals surface area contributed by atoms with Gasteiger partial charge in [-0.1, -0.05) is 0 Å². The fourth-order valence-corrected chi connectivity index (χ4v) is 7.23. The zero-order valence-corrected chi connectivity index (χ0v) is 14.9. The summed E-state index contributed by atoms with van der Waals surface area (Å²) in [5, 5.41) is 18.1. The molecule has 0 heterocycles. The number of rotatable bonds is 8. The molecular formula is C14H20O7PS+. The van der Waals surface area contributed by atoms with Gasteiger partial charge in [0, 0.05) is 0 Å². The largest absolute Gasteiger partial charge is 0.478 e. The van der Waals surface area contributed by atoms with E-state index in [1.54, 1.807) is 0 Å². The maximum Gasteiger partial charge on any atom is 0.335 e. The highest BCUT2D eigenvalue weighted by Gasteiger charge is 2.40. The Morgan fingerprint density at radius 3 is 1.65 bits per heavy atom. The van der Waals surface area contributed by atoms with Crippen LogP contribution in [-0.2, 0) is 14.1 Å². The van der Waals surface area contributed by atoms with Gasteiger partial charge in [-0.3, -0.25) is 0 Å². The van der Waals surface area contributed by atoms with Crippen LogP contribution < -0.4 is 0 Å². The minimum absolute atomic E-state index is 0.416. The van der Waals surface area contributed by atoms with E-state index in [-0.39, 0.29) is 0 Å². The van der Waals surface area contributed by atoms with Gasteiger partial charge in [0.15, 0.2) is 7.49 Å². The van der Waals surface area contributed by atoms with Gasteiger partial charge < -0.3 is 10.2 Å². The molecule has 128 valence electrons. The Hall–Kier alpha value is -1.50. The Bertz CT molecular complexity index is 667. The molecule has 0 fully saturated rings. The topological polar surface area (TPSA) is 118 Å². The van der Waals surface area contributed by atoms with E-state index in [1.807, 2.05) is 20.8 Å². The number of hydrogen-bond acceptors (Lipinski definition) is 5.